The molecule has 1 N–H and O–H groups in total. The number of aromatic nitrogens is 2. The van der Waals surface area contributed by atoms with Crippen molar-refractivity contribution in [2.24, 2.45) is 5.92 Å². The van der Waals surface area contributed by atoms with Crippen molar-refractivity contribution in [1.82, 2.24) is 18.4 Å². The van der Waals surface area contributed by atoms with E-state index in [1.165, 1.54) is 9.99 Å². The summed E-state index contributed by atoms with van der Waals surface area (Å²) in [6.45, 7) is 5.17. The summed E-state index contributed by atoms with van der Waals surface area (Å²) in [7, 11) is -3.67. The van der Waals surface area contributed by atoms with E-state index >= 15 is 0 Å². The second-order valence-electron chi connectivity index (χ2n) is 8.13. The summed E-state index contributed by atoms with van der Waals surface area (Å²) in [5.41, 5.74) is 2.19. The van der Waals surface area contributed by atoms with E-state index in [9.17, 15) is 13.2 Å². The van der Waals surface area contributed by atoms with Gasteiger partial charge in [0.25, 0.3) is 0 Å². The van der Waals surface area contributed by atoms with Gasteiger partial charge in [-0.2, -0.15) is 13.1 Å². The molecule has 2 heterocycles. The van der Waals surface area contributed by atoms with Crippen LogP contribution in [-0.2, 0) is 14.8 Å². The van der Waals surface area contributed by atoms with Crippen LogP contribution in [0.3, 0.4) is 0 Å². The van der Waals surface area contributed by atoms with Crippen molar-refractivity contribution in [2.75, 3.05) is 37.6 Å². The zero-order valence-corrected chi connectivity index (χ0v) is 20.3. The van der Waals surface area contributed by atoms with Gasteiger partial charge in [0, 0.05) is 44.3 Å². The number of nitrogens with one attached hydrogen (secondary N) is 1. The van der Waals surface area contributed by atoms with Crippen molar-refractivity contribution >= 4 is 44.4 Å². The number of rotatable bonds is 9. The van der Waals surface area contributed by atoms with E-state index in [0.29, 0.717) is 43.5 Å². The fourth-order valence-electron chi connectivity index (χ4n) is 4.22. The minimum Gasteiger partial charge on any atom is -0.372 e. The van der Waals surface area contributed by atoms with E-state index < -0.39 is 10.0 Å². The normalized spacial score (nSPS) is 15.5. The van der Waals surface area contributed by atoms with Gasteiger partial charge in [-0.1, -0.05) is 24.3 Å². The SMILES string of the molecule is CCN(CCCNC(=O)C1CCN(S(=O)(=O)c2cccc3nsnc23)CC1)c1ccccc1. The molecule has 1 fully saturated rings. The Morgan fingerprint density at radius 2 is 1.88 bits per heavy atom. The summed E-state index contributed by atoms with van der Waals surface area (Å²) in [5, 5.41) is 3.04. The van der Waals surface area contributed by atoms with Gasteiger partial charge in [-0.25, -0.2) is 8.42 Å². The fourth-order valence-corrected chi connectivity index (χ4v) is 6.44. The molecule has 2 aromatic carbocycles. The molecule has 1 aromatic heterocycles. The van der Waals surface area contributed by atoms with E-state index in [0.717, 1.165) is 31.2 Å². The molecule has 0 atom stereocenters. The van der Waals surface area contributed by atoms with Gasteiger partial charge in [-0.15, -0.1) is 0 Å². The Hall–Kier alpha value is -2.56. The number of nitrogens with zero attached hydrogens (tertiary/aromatic N) is 4. The van der Waals surface area contributed by atoms with Gasteiger partial charge in [-0.3, -0.25) is 4.79 Å². The molecule has 33 heavy (non-hydrogen) atoms. The van der Waals surface area contributed by atoms with Crippen LogP contribution in [0.2, 0.25) is 0 Å². The number of fused-ring (bicyclic) bond motifs is 1. The predicted octanol–water partition coefficient (Wildman–Crippen LogP) is 3.12. The molecule has 1 amide bonds. The number of amides is 1. The summed E-state index contributed by atoms with van der Waals surface area (Å²) in [4.78, 5) is 15.1. The molecule has 0 radical (unpaired) electrons. The zero-order chi connectivity index (χ0) is 23.3. The van der Waals surface area contributed by atoms with Gasteiger partial charge < -0.3 is 10.2 Å². The lowest BCUT2D eigenvalue weighted by atomic mass is 9.97. The van der Waals surface area contributed by atoms with Crippen LogP contribution >= 0.6 is 11.7 Å². The maximum Gasteiger partial charge on any atom is 0.245 e. The Kier molecular flexibility index (Phi) is 7.56. The molecule has 0 saturated carbocycles. The predicted molar refractivity (Wildman–Crippen MR) is 131 cm³/mol. The number of sulfonamides is 1. The van der Waals surface area contributed by atoms with Crippen molar-refractivity contribution < 1.29 is 13.2 Å². The molecule has 176 valence electrons. The second-order valence-corrected chi connectivity index (χ2v) is 10.6. The van der Waals surface area contributed by atoms with E-state index in [1.54, 1.807) is 18.2 Å². The molecule has 10 heteroatoms. The average Bonchev–Trinajstić information content (AvgIpc) is 3.33. The van der Waals surface area contributed by atoms with Crippen LogP contribution in [0.5, 0.6) is 0 Å². The molecule has 1 aliphatic rings. The Bertz CT molecular complexity index is 1180. The van der Waals surface area contributed by atoms with Crippen LogP contribution in [0.1, 0.15) is 26.2 Å². The Balaban J connectivity index is 1.26. The molecule has 0 spiro atoms. The van der Waals surface area contributed by atoms with Crippen LogP contribution in [0, 0.1) is 5.92 Å². The molecule has 0 aliphatic carbocycles. The third kappa shape index (κ3) is 5.34. The maximum atomic E-state index is 13.2. The third-order valence-corrected chi connectivity index (χ3v) is 8.57. The van der Waals surface area contributed by atoms with Gasteiger partial charge in [0.2, 0.25) is 15.9 Å². The highest BCUT2D eigenvalue weighted by atomic mass is 32.2. The molecule has 0 unspecified atom stereocenters. The van der Waals surface area contributed by atoms with Crippen LogP contribution < -0.4 is 10.2 Å². The van der Waals surface area contributed by atoms with Crippen LogP contribution in [-0.4, -0.2) is 60.1 Å². The maximum absolute atomic E-state index is 13.2. The van der Waals surface area contributed by atoms with Crippen LogP contribution in [0.15, 0.2) is 53.4 Å². The first kappa shape index (κ1) is 23.6. The lowest BCUT2D eigenvalue weighted by Crippen LogP contribution is -2.43. The van der Waals surface area contributed by atoms with Crippen LogP contribution in [0.25, 0.3) is 11.0 Å². The van der Waals surface area contributed by atoms with Gasteiger partial charge in [0.1, 0.15) is 15.9 Å². The zero-order valence-electron chi connectivity index (χ0n) is 18.7. The first-order valence-corrected chi connectivity index (χ1v) is 13.5. The molecule has 1 aliphatic heterocycles. The number of carbonyl (C=O) groups is 1. The van der Waals surface area contributed by atoms with Gasteiger partial charge in [0.05, 0.1) is 11.7 Å². The van der Waals surface area contributed by atoms with Crippen molar-refractivity contribution in [1.29, 1.82) is 0 Å². The molecule has 1 saturated heterocycles. The second kappa shape index (κ2) is 10.6. The summed E-state index contributed by atoms with van der Waals surface area (Å²) in [6.07, 6.45) is 1.89. The molecule has 3 aromatic rings. The Labute approximate surface area is 199 Å². The highest BCUT2D eigenvalue weighted by molar-refractivity contribution is 7.89. The Morgan fingerprint density at radius 3 is 2.61 bits per heavy atom. The minimum atomic E-state index is -3.67. The Morgan fingerprint density at radius 1 is 1.12 bits per heavy atom. The first-order chi connectivity index (χ1) is 16.0. The molecular formula is C23H29N5O3S2. The van der Waals surface area contributed by atoms with E-state index in [2.05, 4.69) is 38.0 Å². The van der Waals surface area contributed by atoms with Crippen molar-refractivity contribution in [3.63, 3.8) is 0 Å². The number of para-hydroxylation sites is 1. The summed E-state index contributed by atoms with van der Waals surface area (Å²) in [5.74, 6) is -0.148. The number of anilines is 1. The van der Waals surface area contributed by atoms with Gasteiger partial charge >= 0.3 is 0 Å². The van der Waals surface area contributed by atoms with Gasteiger partial charge in [0.15, 0.2) is 0 Å². The highest BCUT2D eigenvalue weighted by Gasteiger charge is 2.33. The monoisotopic (exact) mass is 487 g/mol. The van der Waals surface area contributed by atoms with E-state index in [-0.39, 0.29) is 16.7 Å². The standard InChI is InChI=1S/C23H29N5O3S2/c1-2-27(19-8-4-3-5-9-19)15-7-14-24-23(29)18-12-16-28(17-13-18)33(30,31)21-11-6-10-20-22(21)26-32-25-20/h3-6,8-11,18H,2,7,12-17H2,1H3,(H,24,29). The summed E-state index contributed by atoms with van der Waals surface area (Å²) >= 11 is 1.01. The number of hydrogen-bond donors (Lipinski definition) is 1. The van der Waals surface area contributed by atoms with Crippen molar-refractivity contribution in [3.05, 3.63) is 48.5 Å². The highest BCUT2D eigenvalue weighted by Crippen LogP contribution is 2.28. The van der Waals surface area contributed by atoms with E-state index in [1.807, 2.05) is 18.2 Å². The topological polar surface area (TPSA) is 95.5 Å². The lowest BCUT2D eigenvalue weighted by Gasteiger charge is -2.30. The minimum absolute atomic E-state index is 0.0145. The third-order valence-electron chi connectivity index (χ3n) is 6.10. The molecule has 0 bridgehead atoms. The number of hydrogen-bond acceptors (Lipinski definition) is 7. The quantitative estimate of drug-likeness (QED) is 0.466. The molecular weight excluding hydrogens is 458 g/mol. The number of carbonyl (C=O) groups excluding carboxylic acids is 1. The van der Waals surface area contributed by atoms with E-state index in [4.69, 9.17) is 0 Å². The fraction of sp³-hybridized carbons (Fsp3) is 0.435. The molecule has 8 nitrogen and oxygen atoms in total. The lowest BCUT2D eigenvalue weighted by molar-refractivity contribution is -0.126. The summed E-state index contributed by atoms with van der Waals surface area (Å²) in [6, 6.07) is 15.3. The van der Waals surface area contributed by atoms with Crippen molar-refractivity contribution in [3.8, 4) is 0 Å². The smallest absolute Gasteiger partial charge is 0.245 e. The number of benzene rings is 2. The number of piperidine rings is 1. The van der Waals surface area contributed by atoms with Crippen molar-refractivity contribution in [2.45, 2.75) is 31.1 Å². The van der Waals surface area contributed by atoms with Gasteiger partial charge in [-0.05, 0) is 50.5 Å². The van der Waals surface area contributed by atoms with Crippen LogP contribution in [0.4, 0.5) is 5.69 Å². The largest absolute Gasteiger partial charge is 0.372 e. The molecule has 4 rings (SSSR count). The first-order valence-electron chi connectivity index (χ1n) is 11.3. The average molecular weight is 488 g/mol. The summed E-state index contributed by atoms with van der Waals surface area (Å²) < 4.78 is 36.1.